The maximum absolute atomic E-state index is 13.0. The molecule has 2 aromatic heterocycles. The molecule has 0 aliphatic carbocycles. The highest BCUT2D eigenvalue weighted by molar-refractivity contribution is 6.74. The van der Waals surface area contributed by atoms with Gasteiger partial charge in [-0.15, -0.1) is 0 Å². The number of H-pyrrole nitrogens is 1. The van der Waals surface area contributed by atoms with Gasteiger partial charge in [0.2, 0.25) is 11.5 Å². The molecule has 0 saturated carbocycles. The summed E-state index contributed by atoms with van der Waals surface area (Å²) < 4.78 is 19.3. The van der Waals surface area contributed by atoms with Gasteiger partial charge >= 0.3 is 0 Å². The van der Waals surface area contributed by atoms with E-state index in [-0.39, 0.29) is 34.0 Å². The van der Waals surface area contributed by atoms with Crippen LogP contribution in [-0.2, 0) is 38.1 Å². The number of aryl methyl sites for hydroxylation is 1. The number of hydrogen-bond donors (Lipinski definition) is 3. The number of ether oxygens (including phenoxy) is 2. The Kier molecular flexibility index (Phi) is 15.3. The van der Waals surface area contributed by atoms with E-state index in [0.29, 0.717) is 44.8 Å². The zero-order valence-corrected chi connectivity index (χ0v) is 38.0. The Morgan fingerprint density at radius 3 is 2.60 bits per heavy atom. The van der Waals surface area contributed by atoms with E-state index in [1.165, 1.54) is 22.8 Å². The van der Waals surface area contributed by atoms with Crippen LogP contribution in [0.5, 0.6) is 5.75 Å². The fraction of sp³-hybridized carbons (Fsp3) is 0.553. The molecule has 326 valence electrons. The Balaban J connectivity index is 0.902. The molecule has 0 unspecified atom stereocenters. The fourth-order valence-electron chi connectivity index (χ4n) is 7.99. The number of morpholine rings is 1. The maximum atomic E-state index is 13.0. The molecule has 6 rings (SSSR count). The topological polar surface area (TPSA) is 132 Å². The second kappa shape index (κ2) is 20.2. The lowest BCUT2D eigenvalue weighted by molar-refractivity contribution is -0.131. The molecule has 0 bridgehead atoms. The molecular formula is C47H68N6O6Si. The molecule has 12 nitrogen and oxygen atoms in total. The number of anilines is 1. The molecule has 0 radical (unpaired) electrons. The van der Waals surface area contributed by atoms with Gasteiger partial charge in [0.25, 0.3) is 0 Å². The van der Waals surface area contributed by atoms with Crippen LogP contribution in [0.2, 0.25) is 18.1 Å². The van der Waals surface area contributed by atoms with Gasteiger partial charge in [0, 0.05) is 77.1 Å². The van der Waals surface area contributed by atoms with Crippen LogP contribution in [0.25, 0.3) is 10.9 Å². The number of fused-ring (bicyclic) bond motifs is 1. The lowest BCUT2D eigenvalue weighted by atomic mass is 9.89. The van der Waals surface area contributed by atoms with E-state index in [2.05, 4.69) is 102 Å². The molecule has 1 amide bonds. The smallest absolute Gasteiger partial charge is 0.248 e. The van der Waals surface area contributed by atoms with Crippen LogP contribution in [0.3, 0.4) is 0 Å². The molecule has 60 heavy (non-hydrogen) atoms. The predicted octanol–water partition coefficient (Wildman–Crippen LogP) is 6.82. The number of phenolic OH excluding ortho intramolecular Hbond substituents is 1. The first-order valence-electron chi connectivity index (χ1n) is 21.8. The molecule has 2 aliphatic heterocycles. The number of benzene rings is 2. The fourth-order valence-corrected chi connectivity index (χ4v) is 9.27. The number of piperidine rings is 1. The third-order valence-corrected chi connectivity index (χ3v) is 17.3. The summed E-state index contributed by atoms with van der Waals surface area (Å²) in [5.74, 6) is 1.13. The Labute approximate surface area is 357 Å². The van der Waals surface area contributed by atoms with Gasteiger partial charge in [-0.2, -0.15) is 0 Å². The predicted molar refractivity (Wildman–Crippen MR) is 242 cm³/mol. The van der Waals surface area contributed by atoms with E-state index in [0.717, 1.165) is 81.8 Å². The number of rotatable bonds is 18. The summed E-state index contributed by atoms with van der Waals surface area (Å²) >= 11 is 0. The summed E-state index contributed by atoms with van der Waals surface area (Å²) in [4.78, 5) is 39.2. The first-order valence-corrected chi connectivity index (χ1v) is 24.8. The van der Waals surface area contributed by atoms with Gasteiger partial charge in [-0.1, -0.05) is 58.0 Å². The van der Waals surface area contributed by atoms with Crippen molar-refractivity contribution in [2.45, 2.75) is 96.2 Å². The minimum Gasteiger partial charge on any atom is -0.506 e. The van der Waals surface area contributed by atoms with Crippen molar-refractivity contribution in [1.82, 2.24) is 25.1 Å². The summed E-state index contributed by atoms with van der Waals surface area (Å²) in [5.41, 5.74) is 4.80. The van der Waals surface area contributed by atoms with Gasteiger partial charge in [0.05, 0.1) is 43.5 Å². The molecule has 4 heterocycles. The van der Waals surface area contributed by atoms with Crippen molar-refractivity contribution < 1.29 is 23.8 Å². The van der Waals surface area contributed by atoms with Crippen LogP contribution in [0.1, 0.15) is 75.3 Å². The molecule has 13 heteroatoms. The number of aromatic nitrogens is 2. The largest absolute Gasteiger partial charge is 0.506 e. The first-order chi connectivity index (χ1) is 28.6. The van der Waals surface area contributed by atoms with Crippen molar-refractivity contribution in [3.05, 3.63) is 99.5 Å². The minimum atomic E-state index is -2.20. The van der Waals surface area contributed by atoms with E-state index >= 15 is 0 Å². The number of likely N-dealkylation sites (tertiary alicyclic amines) is 1. The highest BCUT2D eigenvalue weighted by Gasteiger charge is 2.41. The number of likely N-dealkylation sites (N-methyl/N-ethyl adjacent to an activating group) is 1. The Hall–Kier alpha value is -4.11. The van der Waals surface area contributed by atoms with Gasteiger partial charge in [0.1, 0.15) is 11.6 Å². The summed E-state index contributed by atoms with van der Waals surface area (Å²) in [6, 6.07) is 19.8. The van der Waals surface area contributed by atoms with Crippen LogP contribution in [-0.4, -0.2) is 117 Å². The van der Waals surface area contributed by atoms with E-state index < -0.39 is 8.32 Å². The lowest BCUT2D eigenvalue weighted by Gasteiger charge is -2.47. The molecule has 1 atom stereocenters. The highest BCUT2D eigenvalue weighted by atomic mass is 28.4. The van der Waals surface area contributed by atoms with Crippen molar-refractivity contribution in [1.29, 1.82) is 0 Å². The van der Waals surface area contributed by atoms with Crippen LogP contribution in [0, 0.1) is 0 Å². The van der Waals surface area contributed by atoms with E-state index in [4.69, 9.17) is 13.9 Å². The number of carbonyl (C=O) groups is 1. The van der Waals surface area contributed by atoms with Gasteiger partial charge in [0.15, 0.2) is 8.32 Å². The first kappa shape index (κ1) is 45.4. The summed E-state index contributed by atoms with van der Waals surface area (Å²) in [6.07, 6.45) is 5.79. The number of pyridine rings is 2. The van der Waals surface area contributed by atoms with E-state index in [1.807, 2.05) is 19.3 Å². The van der Waals surface area contributed by atoms with Crippen LogP contribution in [0.15, 0.2) is 71.7 Å². The molecule has 2 saturated heterocycles. The van der Waals surface area contributed by atoms with Gasteiger partial charge < -0.3 is 39.1 Å². The molecule has 3 N–H and O–H groups in total. The second-order valence-corrected chi connectivity index (χ2v) is 23.0. The van der Waals surface area contributed by atoms with Crippen LogP contribution >= 0.6 is 0 Å². The molecule has 2 fully saturated rings. The standard InChI is InChI=1S/C47H68N6O6Si/c1-8-35-16-21-49-42(31-35)53-26-29-58-47(34-53)19-23-52(24-20-47)33-37-11-9-10-36(30-37)17-27-57-28-18-44(56)51(5)25-22-48-32-41(59-60(6,7)46(2,3)4)38-12-14-40(54)45-39(38)13-15-43(55)50-45/h9-16,21,30-31,41,48,54H,8,17-20,22-29,32-34H2,1-7H3,(H,50,55)/t41-/m0/s1. The number of phenols is 1. The third kappa shape index (κ3) is 11.8. The SMILES string of the molecule is CCc1ccnc(N2CCOC3(CCN(Cc4cccc(CCOCCC(=O)N(C)CCNC[C@H](O[Si](C)(C)C(C)(C)C)c5ccc(O)c6[nH]c(=O)ccc56)c4)CC3)C2)c1. The molecule has 2 aromatic carbocycles. The van der Waals surface area contributed by atoms with Gasteiger partial charge in [-0.3, -0.25) is 14.5 Å². The maximum Gasteiger partial charge on any atom is 0.248 e. The number of aromatic amines is 1. The van der Waals surface area contributed by atoms with Crippen molar-refractivity contribution in [2.75, 3.05) is 77.6 Å². The molecule has 1 spiro atoms. The molecule has 2 aliphatic rings. The number of nitrogens with zero attached hydrogens (tertiary/aromatic N) is 4. The van der Waals surface area contributed by atoms with Crippen molar-refractivity contribution >= 4 is 30.9 Å². The van der Waals surface area contributed by atoms with Crippen LogP contribution < -0.4 is 15.8 Å². The third-order valence-electron chi connectivity index (χ3n) is 12.8. The number of aromatic hydroxyl groups is 1. The van der Waals surface area contributed by atoms with E-state index in [1.54, 1.807) is 17.0 Å². The van der Waals surface area contributed by atoms with E-state index in [9.17, 15) is 14.7 Å². The number of nitrogens with one attached hydrogen (secondary N) is 2. The number of amides is 1. The highest BCUT2D eigenvalue weighted by Crippen LogP contribution is 2.41. The van der Waals surface area contributed by atoms with Crippen molar-refractivity contribution in [2.24, 2.45) is 0 Å². The normalized spacial score (nSPS) is 16.7. The molecule has 4 aromatic rings. The average molecular weight is 841 g/mol. The summed E-state index contributed by atoms with van der Waals surface area (Å²) in [5, 5.41) is 14.7. The zero-order chi connectivity index (χ0) is 42.9. The van der Waals surface area contributed by atoms with Gasteiger partial charge in [-0.25, -0.2) is 4.98 Å². The zero-order valence-electron chi connectivity index (χ0n) is 37.0. The van der Waals surface area contributed by atoms with Gasteiger partial charge in [-0.05, 0) is 90.3 Å². The number of carbonyl (C=O) groups excluding carboxylic acids is 1. The minimum absolute atomic E-state index is 0.0155. The molecular weight excluding hydrogens is 773 g/mol. The summed E-state index contributed by atoms with van der Waals surface area (Å²) in [6.45, 7) is 21.3. The Morgan fingerprint density at radius 1 is 1.05 bits per heavy atom. The van der Waals surface area contributed by atoms with Crippen molar-refractivity contribution in [3.63, 3.8) is 0 Å². The quantitative estimate of drug-likeness (QED) is 0.0725. The van der Waals surface area contributed by atoms with Crippen LogP contribution in [0.4, 0.5) is 5.82 Å². The average Bonchev–Trinajstić information content (AvgIpc) is 3.22. The Bertz CT molecular complexity index is 2090. The lowest BCUT2D eigenvalue weighted by Crippen LogP contribution is -2.57. The second-order valence-electron chi connectivity index (χ2n) is 18.2. The Morgan fingerprint density at radius 2 is 1.83 bits per heavy atom. The van der Waals surface area contributed by atoms with Crippen molar-refractivity contribution in [3.8, 4) is 5.75 Å². The monoisotopic (exact) mass is 840 g/mol. The summed E-state index contributed by atoms with van der Waals surface area (Å²) in [7, 11) is -0.374. The number of hydrogen-bond acceptors (Lipinski definition) is 10.